The molecule has 6 aliphatic rings. The van der Waals surface area contributed by atoms with Crippen molar-refractivity contribution < 1.29 is 19.4 Å². The second-order valence-corrected chi connectivity index (χ2v) is 10.1. The molecule has 1 N–H and O–H groups in total. The molecule has 3 saturated carbocycles. The van der Waals surface area contributed by atoms with Crippen molar-refractivity contribution in [2.45, 2.75) is 62.7 Å². The number of hydrogen-bond donors (Lipinski definition) is 1. The van der Waals surface area contributed by atoms with E-state index in [0.717, 1.165) is 32.2 Å². The average molecular weight is 383 g/mol. The molecule has 0 aromatic heterocycles. The van der Waals surface area contributed by atoms with Crippen LogP contribution in [0.25, 0.3) is 0 Å². The van der Waals surface area contributed by atoms with E-state index in [-0.39, 0.29) is 40.3 Å². The predicted molar refractivity (Wildman–Crippen MR) is 104 cm³/mol. The normalized spacial score (nSPS) is 47.6. The van der Waals surface area contributed by atoms with Gasteiger partial charge in [-0.25, -0.2) is 0 Å². The van der Waals surface area contributed by atoms with E-state index < -0.39 is 5.60 Å². The van der Waals surface area contributed by atoms with E-state index in [0.29, 0.717) is 11.8 Å². The number of likely N-dealkylation sites (N-methyl/N-ethyl adjacent to an activating group) is 1. The largest absolute Gasteiger partial charge is 0.504 e. The number of hydrogen-bond acceptors (Lipinski definition) is 5. The van der Waals surface area contributed by atoms with E-state index in [1.54, 1.807) is 20.1 Å². The number of carbonyl (C=O) groups is 1. The van der Waals surface area contributed by atoms with Gasteiger partial charge in [0.05, 0.1) is 5.92 Å². The molecule has 4 bridgehead atoms. The molecule has 2 aliphatic heterocycles. The second-order valence-electron chi connectivity index (χ2n) is 10.1. The number of ketones is 1. The number of ether oxygens (including phenoxy) is 2. The van der Waals surface area contributed by atoms with Crippen LogP contribution in [0.3, 0.4) is 0 Å². The Morgan fingerprint density at radius 1 is 1.36 bits per heavy atom. The van der Waals surface area contributed by atoms with Gasteiger partial charge in [-0.1, -0.05) is 13.0 Å². The number of likely N-dealkylation sites (tertiary alicyclic amines) is 1. The third kappa shape index (κ3) is 1.47. The van der Waals surface area contributed by atoms with Crippen LogP contribution in [0.2, 0.25) is 0 Å². The Morgan fingerprint density at radius 3 is 2.86 bits per heavy atom. The van der Waals surface area contributed by atoms with Crippen LogP contribution in [0.5, 0.6) is 11.5 Å². The lowest BCUT2D eigenvalue weighted by Crippen LogP contribution is -2.83. The molecule has 1 aromatic carbocycles. The minimum absolute atomic E-state index is 0.00720. The Labute approximate surface area is 166 Å². The number of rotatable bonds is 2. The van der Waals surface area contributed by atoms with Crippen molar-refractivity contribution in [3.8, 4) is 11.5 Å². The van der Waals surface area contributed by atoms with Gasteiger partial charge in [0.15, 0.2) is 11.5 Å². The number of Topliss-reactive ketones (excluding diaryl/α,β-unsaturated/α-hetero) is 1. The van der Waals surface area contributed by atoms with Gasteiger partial charge in [-0.05, 0) is 63.7 Å². The Bertz CT molecular complexity index is 914. The van der Waals surface area contributed by atoms with Crippen LogP contribution in [0, 0.1) is 17.3 Å². The molecule has 0 amide bonds. The second kappa shape index (κ2) is 4.93. The number of phenols is 1. The van der Waals surface area contributed by atoms with Crippen LogP contribution in [-0.4, -0.2) is 54.2 Å². The zero-order valence-corrected chi connectivity index (χ0v) is 17.1. The van der Waals surface area contributed by atoms with Gasteiger partial charge < -0.3 is 19.5 Å². The van der Waals surface area contributed by atoms with Crippen LogP contribution < -0.4 is 4.74 Å². The molecule has 2 heterocycles. The summed E-state index contributed by atoms with van der Waals surface area (Å²) in [6, 6.07) is 4.27. The molecule has 5 nitrogen and oxygen atoms in total. The summed E-state index contributed by atoms with van der Waals surface area (Å²) in [5.74, 6) is 1.16. The van der Waals surface area contributed by atoms with Gasteiger partial charge in [0.2, 0.25) is 0 Å². The zero-order valence-electron chi connectivity index (χ0n) is 17.1. The van der Waals surface area contributed by atoms with Gasteiger partial charge in [-0.3, -0.25) is 4.79 Å². The molecule has 150 valence electrons. The zero-order chi connectivity index (χ0) is 19.6. The quantitative estimate of drug-likeness (QED) is 0.851. The van der Waals surface area contributed by atoms with Gasteiger partial charge in [-0.2, -0.15) is 0 Å². The number of fused-ring (bicyclic) bond motifs is 2. The Hall–Kier alpha value is -1.59. The minimum Gasteiger partial charge on any atom is -0.504 e. The fourth-order valence-corrected chi connectivity index (χ4v) is 8.67. The molecule has 28 heavy (non-hydrogen) atoms. The van der Waals surface area contributed by atoms with E-state index in [2.05, 4.69) is 24.9 Å². The molecular formula is C23H29NO4. The first kappa shape index (κ1) is 17.3. The lowest BCUT2D eigenvalue weighted by atomic mass is 9.33. The number of methoxy groups -OCH3 is 1. The number of piperidine rings is 1. The summed E-state index contributed by atoms with van der Waals surface area (Å²) in [6.07, 6.45) is 3.66. The highest BCUT2D eigenvalue weighted by atomic mass is 16.6. The first-order valence-electron chi connectivity index (χ1n) is 10.6. The predicted octanol–water partition coefficient (Wildman–Crippen LogP) is 2.67. The maximum absolute atomic E-state index is 12.9. The smallest absolute Gasteiger partial charge is 0.165 e. The van der Waals surface area contributed by atoms with Crippen molar-refractivity contribution in [2.24, 2.45) is 17.3 Å². The fourth-order valence-electron chi connectivity index (χ4n) is 8.67. The van der Waals surface area contributed by atoms with Gasteiger partial charge in [0.25, 0.3) is 0 Å². The summed E-state index contributed by atoms with van der Waals surface area (Å²) >= 11 is 0. The monoisotopic (exact) mass is 383 g/mol. The standard InChI is InChI=1S/C23H29NO4/c1-12-10-21-11-15(13(2)25)23(12,27-4)20-22(21)7-8-24(3)17(21)9-14-5-6-16(26)19(28-20)18(14)22/h5-6,12,15,17,20,26H,7-11H2,1-4H3/t12?,15-,17-,20-,21-,22+,23-/m1/s1. The maximum Gasteiger partial charge on any atom is 0.165 e. The number of benzene rings is 1. The van der Waals surface area contributed by atoms with Crippen molar-refractivity contribution >= 4 is 5.78 Å². The van der Waals surface area contributed by atoms with Gasteiger partial charge in [0.1, 0.15) is 17.5 Å². The highest BCUT2D eigenvalue weighted by Crippen LogP contribution is 2.77. The van der Waals surface area contributed by atoms with E-state index in [4.69, 9.17) is 9.47 Å². The van der Waals surface area contributed by atoms with Gasteiger partial charge >= 0.3 is 0 Å². The molecule has 5 heteroatoms. The third-order valence-electron chi connectivity index (χ3n) is 9.49. The summed E-state index contributed by atoms with van der Waals surface area (Å²) in [5, 5.41) is 10.7. The van der Waals surface area contributed by atoms with Crippen molar-refractivity contribution in [1.82, 2.24) is 4.90 Å². The van der Waals surface area contributed by atoms with Crippen molar-refractivity contribution in [2.75, 3.05) is 20.7 Å². The van der Waals surface area contributed by atoms with Gasteiger partial charge in [-0.15, -0.1) is 0 Å². The van der Waals surface area contributed by atoms with Crippen LogP contribution in [0.1, 0.15) is 44.2 Å². The number of phenolic OH excluding ortho intramolecular Hbond substituents is 1. The van der Waals surface area contributed by atoms with E-state index in [1.807, 2.05) is 0 Å². The summed E-state index contributed by atoms with van der Waals surface area (Å²) in [5.41, 5.74) is 1.74. The molecule has 7 rings (SSSR count). The number of nitrogens with zero attached hydrogens (tertiary/aromatic N) is 1. The topological polar surface area (TPSA) is 59.0 Å². The van der Waals surface area contributed by atoms with Crippen molar-refractivity contribution in [1.29, 1.82) is 0 Å². The molecule has 0 radical (unpaired) electrons. The first-order valence-corrected chi connectivity index (χ1v) is 10.6. The maximum atomic E-state index is 12.9. The molecule has 4 aliphatic carbocycles. The highest BCUT2D eigenvalue weighted by molar-refractivity contribution is 5.81. The Morgan fingerprint density at radius 2 is 2.14 bits per heavy atom. The summed E-state index contributed by atoms with van der Waals surface area (Å²) in [7, 11) is 3.99. The molecule has 2 spiro atoms. The molecule has 7 atom stereocenters. The lowest BCUT2D eigenvalue weighted by Gasteiger charge is -2.75. The summed E-state index contributed by atoms with van der Waals surface area (Å²) in [6.45, 7) is 4.97. The van der Waals surface area contributed by atoms with Crippen molar-refractivity contribution in [3.05, 3.63) is 23.3 Å². The first-order chi connectivity index (χ1) is 13.3. The van der Waals surface area contributed by atoms with Crippen LogP contribution >= 0.6 is 0 Å². The molecule has 1 unspecified atom stereocenters. The number of aromatic hydroxyl groups is 1. The highest BCUT2D eigenvalue weighted by Gasteiger charge is 2.82. The summed E-state index contributed by atoms with van der Waals surface area (Å²) < 4.78 is 13.0. The minimum atomic E-state index is -0.631. The fraction of sp³-hybridized carbons (Fsp3) is 0.696. The molecular weight excluding hydrogens is 354 g/mol. The third-order valence-corrected chi connectivity index (χ3v) is 9.49. The SMILES string of the molecule is CO[C@]12C(C)C[C@@]3(C[C@@H]1C(C)=O)[C@H]1Cc4ccc(O)c5c4[C@@]3(CCN1C)[C@H]2O5. The van der Waals surface area contributed by atoms with E-state index in [9.17, 15) is 9.90 Å². The van der Waals surface area contributed by atoms with E-state index >= 15 is 0 Å². The van der Waals surface area contributed by atoms with E-state index in [1.165, 1.54) is 11.1 Å². The Kier molecular flexibility index (Phi) is 3.04. The van der Waals surface area contributed by atoms with Crippen LogP contribution in [0.15, 0.2) is 12.1 Å². The molecule has 1 saturated heterocycles. The van der Waals surface area contributed by atoms with Crippen molar-refractivity contribution in [3.63, 3.8) is 0 Å². The molecule has 1 aromatic rings. The lowest BCUT2D eigenvalue weighted by molar-refractivity contribution is -0.291. The molecule has 4 fully saturated rings. The van der Waals surface area contributed by atoms with Gasteiger partial charge in [0, 0.05) is 29.5 Å². The Balaban J connectivity index is 1.72. The summed E-state index contributed by atoms with van der Waals surface area (Å²) in [4.78, 5) is 15.4. The van der Waals surface area contributed by atoms with Crippen LogP contribution in [-0.2, 0) is 21.4 Å². The van der Waals surface area contributed by atoms with Crippen LogP contribution in [0.4, 0.5) is 0 Å². The average Bonchev–Trinajstić information content (AvgIpc) is 3.02. The number of carbonyl (C=O) groups excluding carboxylic acids is 1.